The van der Waals surface area contributed by atoms with Crippen molar-refractivity contribution >= 4 is 29.7 Å². The van der Waals surface area contributed by atoms with Gasteiger partial charge in [-0.05, 0) is 43.5 Å². The molecule has 1 fully saturated rings. The Bertz CT molecular complexity index is 873. The van der Waals surface area contributed by atoms with E-state index in [1.54, 1.807) is 16.0 Å². The van der Waals surface area contributed by atoms with E-state index in [-0.39, 0.29) is 24.1 Å². The average molecular weight is 404 g/mol. The maximum atomic E-state index is 12.9. The minimum absolute atomic E-state index is 0. The number of rotatable bonds is 4. The van der Waals surface area contributed by atoms with Crippen LogP contribution in [-0.4, -0.2) is 51.8 Å². The molecular weight excluding hydrogens is 382 g/mol. The molecule has 1 N–H and O–H groups in total. The number of amides is 1. The standard InChI is InChI=1S/C19H21N5OS.ClH/c1-20-14-9-11-23(12-10-14)19(25)17-21-18(16-8-5-13-26-16)24(22-17)15-6-3-2-4-7-15;/h2-8,13-14,20H,9-12H2,1H3;1H. The van der Waals surface area contributed by atoms with E-state index in [2.05, 4.69) is 15.4 Å². The lowest BCUT2D eigenvalue weighted by atomic mass is 10.1. The number of carbonyl (C=O) groups excluding carboxylic acids is 1. The highest BCUT2D eigenvalue weighted by molar-refractivity contribution is 7.13. The molecule has 8 heteroatoms. The van der Waals surface area contributed by atoms with Crippen molar-refractivity contribution in [1.82, 2.24) is 25.0 Å². The van der Waals surface area contributed by atoms with Crippen LogP contribution in [0, 0.1) is 0 Å². The predicted octanol–water partition coefficient (Wildman–Crippen LogP) is 3.24. The smallest absolute Gasteiger partial charge is 0.293 e. The Balaban J connectivity index is 0.00000210. The van der Waals surface area contributed by atoms with E-state index in [9.17, 15) is 4.79 Å². The predicted molar refractivity (Wildman–Crippen MR) is 110 cm³/mol. The Hall–Kier alpha value is -2.22. The minimum Gasteiger partial charge on any atom is -0.336 e. The first-order chi connectivity index (χ1) is 12.8. The van der Waals surface area contributed by atoms with Gasteiger partial charge in [-0.3, -0.25) is 4.79 Å². The van der Waals surface area contributed by atoms with Gasteiger partial charge < -0.3 is 10.2 Å². The van der Waals surface area contributed by atoms with E-state index in [0.29, 0.717) is 11.9 Å². The number of hydrogen-bond acceptors (Lipinski definition) is 5. The van der Waals surface area contributed by atoms with Gasteiger partial charge in [-0.2, -0.15) is 0 Å². The molecule has 0 radical (unpaired) electrons. The number of thiophene rings is 1. The second-order valence-corrected chi connectivity index (χ2v) is 7.29. The van der Waals surface area contributed by atoms with E-state index in [0.717, 1.165) is 36.5 Å². The summed E-state index contributed by atoms with van der Waals surface area (Å²) in [6.45, 7) is 1.47. The van der Waals surface area contributed by atoms with E-state index < -0.39 is 0 Å². The van der Waals surface area contributed by atoms with Crippen molar-refractivity contribution in [3.63, 3.8) is 0 Å². The summed E-state index contributed by atoms with van der Waals surface area (Å²) < 4.78 is 1.76. The topological polar surface area (TPSA) is 63.1 Å². The minimum atomic E-state index is -0.0907. The molecule has 6 nitrogen and oxygen atoms in total. The maximum absolute atomic E-state index is 12.9. The summed E-state index contributed by atoms with van der Waals surface area (Å²) in [6, 6.07) is 14.3. The third-order valence-electron chi connectivity index (χ3n) is 4.73. The van der Waals surface area contributed by atoms with Crippen LogP contribution in [-0.2, 0) is 0 Å². The van der Waals surface area contributed by atoms with Crippen molar-refractivity contribution in [2.45, 2.75) is 18.9 Å². The summed E-state index contributed by atoms with van der Waals surface area (Å²) in [5, 5.41) is 9.84. The van der Waals surface area contributed by atoms with Crippen LogP contribution in [0.2, 0.25) is 0 Å². The number of hydrogen-bond donors (Lipinski definition) is 1. The Morgan fingerprint density at radius 1 is 1.15 bits per heavy atom. The summed E-state index contributed by atoms with van der Waals surface area (Å²) in [5.74, 6) is 0.881. The van der Waals surface area contributed by atoms with Gasteiger partial charge >= 0.3 is 0 Å². The Kier molecular flexibility index (Phi) is 6.26. The van der Waals surface area contributed by atoms with Crippen LogP contribution in [0.3, 0.4) is 0 Å². The number of halogens is 1. The molecule has 142 valence electrons. The summed E-state index contributed by atoms with van der Waals surface area (Å²) in [6.07, 6.45) is 1.92. The molecule has 0 unspecified atom stereocenters. The molecule has 0 bridgehead atoms. The average Bonchev–Trinajstić information content (AvgIpc) is 3.38. The van der Waals surface area contributed by atoms with Gasteiger partial charge in [0.25, 0.3) is 5.91 Å². The van der Waals surface area contributed by atoms with Gasteiger partial charge in [-0.25, -0.2) is 9.67 Å². The first kappa shape index (κ1) is 19.5. The molecule has 2 aromatic heterocycles. The molecule has 3 heterocycles. The zero-order chi connectivity index (χ0) is 17.9. The van der Waals surface area contributed by atoms with Crippen LogP contribution in [0.25, 0.3) is 16.4 Å². The first-order valence-corrected chi connectivity index (χ1v) is 9.67. The number of nitrogens with one attached hydrogen (secondary N) is 1. The fourth-order valence-corrected chi connectivity index (χ4v) is 3.93. The molecule has 0 spiro atoms. The lowest BCUT2D eigenvalue weighted by Gasteiger charge is -2.30. The summed E-state index contributed by atoms with van der Waals surface area (Å²) >= 11 is 1.59. The lowest BCUT2D eigenvalue weighted by molar-refractivity contribution is 0.0695. The zero-order valence-corrected chi connectivity index (χ0v) is 16.7. The molecule has 1 aliphatic heterocycles. The largest absolute Gasteiger partial charge is 0.336 e. The van der Waals surface area contributed by atoms with Gasteiger partial charge in [0.2, 0.25) is 5.82 Å². The molecule has 4 rings (SSSR count). The van der Waals surface area contributed by atoms with Gasteiger partial charge in [-0.15, -0.1) is 28.8 Å². The third kappa shape index (κ3) is 4.05. The van der Waals surface area contributed by atoms with Crippen LogP contribution < -0.4 is 5.32 Å². The second kappa shape index (κ2) is 8.65. The van der Waals surface area contributed by atoms with Crippen molar-refractivity contribution in [3.8, 4) is 16.4 Å². The molecular formula is C19H22ClN5OS. The molecule has 1 amide bonds. The Morgan fingerprint density at radius 2 is 1.89 bits per heavy atom. The second-order valence-electron chi connectivity index (χ2n) is 6.34. The normalized spacial score (nSPS) is 14.8. The quantitative estimate of drug-likeness (QED) is 0.726. The zero-order valence-electron chi connectivity index (χ0n) is 15.0. The van der Waals surface area contributed by atoms with E-state index in [1.807, 2.05) is 59.8 Å². The monoisotopic (exact) mass is 403 g/mol. The van der Waals surface area contributed by atoms with Crippen molar-refractivity contribution < 1.29 is 4.79 Å². The van der Waals surface area contributed by atoms with Crippen LogP contribution >= 0.6 is 23.7 Å². The molecule has 27 heavy (non-hydrogen) atoms. The molecule has 0 saturated carbocycles. The first-order valence-electron chi connectivity index (χ1n) is 8.79. The Morgan fingerprint density at radius 3 is 2.52 bits per heavy atom. The number of carbonyl (C=O) groups is 1. The van der Waals surface area contributed by atoms with E-state index in [1.165, 1.54) is 0 Å². The van der Waals surface area contributed by atoms with Gasteiger partial charge in [0.05, 0.1) is 10.6 Å². The number of likely N-dealkylation sites (tertiary alicyclic amines) is 1. The number of benzene rings is 1. The number of piperidine rings is 1. The highest BCUT2D eigenvalue weighted by atomic mass is 35.5. The van der Waals surface area contributed by atoms with Crippen molar-refractivity contribution in [3.05, 3.63) is 53.7 Å². The highest BCUT2D eigenvalue weighted by Gasteiger charge is 2.27. The van der Waals surface area contributed by atoms with Crippen molar-refractivity contribution in [2.24, 2.45) is 0 Å². The van der Waals surface area contributed by atoms with Gasteiger partial charge in [0.15, 0.2) is 5.82 Å². The van der Waals surface area contributed by atoms with Crippen LogP contribution in [0.15, 0.2) is 47.8 Å². The van der Waals surface area contributed by atoms with Crippen molar-refractivity contribution in [1.29, 1.82) is 0 Å². The summed E-state index contributed by atoms with van der Waals surface area (Å²) in [4.78, 5) is 20.4. The van der Waals surface area contributed by atoms with E-state index in [4.69, 9.17) is 0 Å². The third-order valence-corrected chi connectivity index (χ3v) is 5.60. The molecule has 0 aliphatic carbocycles. The fraction of sp³-hybridized carbons (Fsp3) is 0.316. The van der Waals surface area contributed by atoms with Crippen LogP contribution in [0.5, 0.6) is 0 Å². The molecule has 0 atom stereocenters. The molecule has 3 aromatic rings. The summed E-state index contributed by atoms with van der Waals surface area (Å²) in [7, 11) is 1.97. The number of aromatic nitrogens is 3. The maximum Gasteiger partial charge on any atom is 0.293 e. The number of nitrogens with zero attached hydrogens (tertiary/aromatic N) is 4. The molecule has 1 saturated heterocycles. The van der Waals surface area contributed by atoms with Crippen LogP contribution in [0.4, 0.5) is 0 Å². The lowest BCUT2D eigenvalue weighted by Crippen LogP contribution is -2.44. The van der Waals surface area contributed by atoms with Gasteiger partial charge in [-0.1, -0.05) is 24.3 Å². The molecule has 1 aromatic carbocycles. The summed E-state index contributed by atoms with van der Waals surface area (Å²) in [5.41, 5.74) is 0.899. The highest BCUT2D eigenvalue weighted by Crippen LogP contribution is 2.26. The SMILES string of the molecule is CNC1CCN(C(=O)c2nc(-c3cccs3)n(-c3ccccc3)n2)CC1.Cl. The fourth-order valence-electron chi connectivity index (χ4n) is 3.23. The molecule has 1 aliphatic rings. The number of para-hydroxylation sites is 1. The van der Waals surface area contributed by atoms with Gasteiger partial charge in [0, 0.05) is 19.1 Å². The van der Waals surface area contributed by atoms with Crippen LogP contribution in [0.1, 0.15) is 23.5 Å². The Labute approximate surface area is 168 Å². The van der Waals surface area contributed by atoms with E-state index >= 15 is 0 Å². The van der Waals surface area contributed by atoms with Gasteiger partial charge in [0.1, 0.15) is 0 Å². The van der Waals surface area contributed by atoms with Crippen molar-refractivity contribution in [2.75, 3.05) is 20.1 Å².